The maximum absolute atomic E-state index is 11.9. The van der Waals surface area contributed by atoms with Crippen LogP contribution < -0.4 is 10.9 Å². The average Bonchev–Trinajstić information content (AvgIpc) is 2.95. The summed E-state index contributed by atoms with van der Waals surface area (Å²) in [5, 5.41) is 35.9. The minimum absolute atomic E-state index is 0.169. The van der Waals surface area contributed by atoms with Crippen molar-refractivity contribution in [2.24, 2.45) is 0 Å². The second kappa shape index (κ2) is 13.2. The topological polar surface area (TPSA) is 185 Å². The van der Waals surface area contributed by atoms with Crippen molar-refractivity contribution >= 4 is 34.0 Å². The van der Waals surface area contributed by atoms with Crippen molar-refractivity contribution in [3.8, 4) is 11.5 Å². The summed E-state index contributed by atoms with van der Waals surface area (Å²) in [7, 11) is 0. The quantitative estimate of drug-likeness (QED) is 0.229. The maximum atomic E-state index is 11.9. The molecule has 4 aromatic heterocycles. The third-order valence-corrected chi connectivity index (χ3v) is 6.11. The van der Waals surface area contributed by atoms with E-state index in [9.17, 15) is 19.2 Å². The largest absolute Gasteiger partial charge is 0.508 e. The number of fused-ring (bicyclic) bond motifs is 2. The van der Waals surface area contributed by atoms with Crippen LogP contribution in [0.15, 0.2) is 70.5 Å². The predicted molar refractivity (Wildman–Crippen MR) is 157 cm³/mol. The first-order chi connectivity index (χ1) is 19.9. The number of hydrogen-bond donors (Lipinski definition) is 4. The molecule has 0 bridgehead atoms. The van der Waals surface area contributed by atoms with E-state index in [-0.39, 0.29) is 22.6 Å². The van der Waals surface area contributed by atoms with E-state index in [2.05, 4.69) is 9.97 Å². The Morgan fingerprint density at radius 1 is 0.643 bits per heavy atom. The molecule has 0 atom stereocenters. The van der Waals surface area contributed by atoms with Crippen molar-refractivity contribution in [3.63, 3.8) is 0 Å². The first-order valence-electron chi connectivity index (χ1n) is 12.8. The Kier molecular flexibility index (Phi) is 9.76. The van der Waals surface area contributed by atoms with Gasteiger partial charge in [0, 0.05) is 36.9 Å². The highest BCUT2D eigenvalue weighted by Crippen LogP contribution is 2.14. The Bertz CT molecular complexity index is 1760. The van der Waals surface area contributed by atoms with Crippen molar-refractivity contribution < 1.29 is 30.0 Å². The molecule has 5 rings (SSSR count). The van der Waals surface area contributed by atoms with Crippen LogP contribution in [-0.2, 0) is 13.1 Å². The molecule has 12 nitrogen and oxygen atoms in total. The number of rotatable bonds is 4. The van der Waals surface area contributed by atoms with Gasteiger partial charge in [0.1, 0.15) is 33.9 Å². The van der Waals surface area contributed by atoms with Crippen LogP contribution in [0.4, 0.5) is 0 Å². The molecule has 4 heterocycles. The number of aromatic carboxylic acids is 2. The van der Waals surface area contributed by atoms with E-state index >= 15 is 0 Å². The molecular weight excluding hydrogens is 544 g/mol. The van der Waals surface area contributed by atoms with Crippen LogP contribution >= 0.6 is 0 Å². The zero-order valence-corrected chi connectivity index (χ0v) is 23.4. The molecule has 12 heteroatoms. The third kappa shape index (κ3) is 6.97. The van der Waals surface area contributed by atoms with E-state index in [1.165, 1.54) is 36.7 Å². The molecule has 0 aliphatic rings. The van der Waals surface area contributed by atoms with Gasteiger partial charge >= 0.3 is 11.9 Å². The molecule has 0 saturated heterocycles. The van der Waals surface area contributed by atoms with Crippen LogP contribution in [0.2, 0.25) is 0 Å². The number of aromatic hydroxyl groups is 2. The number of phenols is 2. The molecule has 5 aromatic rings. The van der Waals surface area contributed by atoms with Gasteiger partial charge in [-0.05, 0) is 76.2 Å². The number of aromatic nitrogens is 4. The summed E-state index contributed by atoms with van der Waals surface area (Å²) in [6.07, 6.45) is 2.69. The fraction of sp³-hybridized carbons (Fsp3) is 0.200. The first kappa shape index (κ1) is 31.0. The van der Waals surface area contributed by atoms with E-state index < -0.39 is 22.8 Å². The first-order valence-corrected chi connectivity index (χ1v) is 12.8. The SMILES string of the molecule is CCn1cc(C(=O)O)c(=O)c2ccc(C)nc21.CCn1cc(C(=O)O)c(=O)c2ccc(C)nc21.Oc1ccc(O)cc1. The Hall–Kier alpha value is -5.52. The van der Waals surface area contributed by atoms with Crippen molar-refractivity contribution in [1.82, 2.24) is 19.1 Å². The standard InChI is InChI=1S/2C12H12N2O3.C6H6O2/c2*1-3-14-6-9(12(16)17)10(15)8-5-4-7(2)13-11(8)14;7-5-1-2-6(8)4-3-5/h2*4-6H,3H2,1-2H3,(H,16,17);1-4,7-8H. The van der Waals surface area contributed by atoms with Gasteiger partial charge in [0.15, 0.2) is 0 Å². The van der Waals surface area contributed by atoms with E-state index in [1.54, 1.807) is 33.4 Å². The van der Waals surface area contributed by atoms with Crippen LogP contribution in [-0.4, -0.2) is 51.5 Å². The van der Waals surface area contributed by atoms with Crippen LogP contribution in [0.25, 0.3) is 22.1 Å². The lowest BCUT2D eigenvalue weighted by molar-refractivity contribution is 0.0684. The highest BCUT2D eigenvalue weighted by Gasteiger charge is 2.15. The molecule has 42 heavy (non-hydrogen) atoms. The van der Waals surface area contributed by atoms with Gasteiger partial charge in [-0.15, -0.1) is 0 Å². The van der Waals surface area contributed by atoms with Gasteiger partial charge in [-0.2, -0.15) is 0 Å². The third-order valence-electron chi connectivity index (χ3n) is 6.11. The molecule has 0 aliphatic heterocycles. The summed E-state index contributed by atoms with van der Waals surface area (Å²) >= 11 is 0. The normalized spacial score (nSPS) is 10.4. The Morgan fingerprint density at radius 3 is 1.26 bits per heavy atom. The van der Waals surface area contributed by atoms with Gasteiger partial charge < -0.3 is 29.6 Å². The highest BCUT2D eigenvalue weighted by atomic mass is 16.4. The molecule has 0 spiro atoms. The number of pyridine rings is 4. The molecule has 4 N–H and O–H groups in total. The smallest absolute Gasteiger partial charge is 0.341 e. The van der Waals surface area contributed by atoms with Crippen LogP contribution in [0.3, 0.4) is 0 Å². The monoisotopic (exact) mass is 574 g/mol. The van der Waals surface area contributed by atoms with Gasteiger partial charge in [-0.25, -0.2) is 19.6 Å². The zero-order chi connectivity index (χ0) is 31.1. The molecule has 1 aromatic carbocycles. The summed E-state index contributed by atoms with van der Waals surface area (Å²) in [5.74, 6) is -2.08. The predicted octanol–water partition coefficient (Wildman–Crippen LogP) is 3.94. The molecule has 0 radical (unpaired) electrons. The van der Waals surface area contributed by atoms with Crippen LogP contribution in [0, 0.1) is 13.8 Å². The minimum Gasteiger partial charge on any atom is -0.508 e. The van der Waals surface area contributed by atoms with Gasteiger partial charge in [0.25, 0.3) is 0 Å². The lowest BCUT2D eigenvalue weighted by Crippen LogP contribution is -2.19. The molecule has 0 saturated carbocycles. The van der Waals surface area contributed by atoms with Crippen molar-refractivity contribution in [2.75, 3.05) is 0 Å². The number of aryl methyl sites for hydroxylation is 4. The van der Waals surface area contributed by atoms with Crippen molar-refractivity contribution in [2.45, 2.75) is 40.8 Å². The number of nitrogens with zero attached hydrogens (tertiary/aromatic N) is 4. The maximum Gasteiger partial charge on any atom is 0.341 e. The van der Waals surface area contributed by atoms with Gasteiger partial charge in [0.05, 0.1) is 10.8 Å². The summed E-state index contributed by atoms with van der Waals surface area (Å²) in [5.41, 5.74) is 1.25. The average molecular weight is 575 g/mol. The van der Waals surface area contributed by atoms with Crippen LogP contribution in [0.5, 0.6) is 11.5 Å². The summed E-state index contributed by atoms with van der Waals surface area (Å²) in [6, 6.07) is 12.4. The Labute approximate surface area is 239 Å². The number of phenolic OH excluding ortho intramolecular Hbond substituents is 2. The fourth-order valence-corrected chi connectivity index (χ4v) is 3.96. The number of carboxylic acids is 2. The number of carbonyl (C=O) groups is 2. The van der Waals surface area contributed by atoms with E-state index in [4.69, 9.17) is 20.4 Å². The molecule has 0 fully saturated rings. The van der Waals surface area contributed by atoms with Gasteiger partial charge in [-0.1, -0.05) is 0 Å². The molecular formula is C30H30N4O8. The molecule has 0 unspecified atom stereocenters. The van der Waals surface area contributed by atoms with E-state index in [1.807, 2.05) is 27.7 Å². The van der Waals surface area contributed by atoms with Crippen molar-refractivity contribution in [3.05, 3.63) is 104 Å². The molecule has 0 amide bonds. The Balaban J connectivity index is 0.000000184. The van der Waals surface area contributed by atoms with Crippen molar-refractivity contribution in [1.29, 1.82) is 0 Å². The van der Waals surface area contributed by atoms with Gasteiger partial charge in [-0.3, -0.25) is 9.59 Å². The second-order valence-corrected chi connectivity index (χ2v) is 9.09. The Morgan fingerprint density at radius 2 is 0.976 bits per heavy atom. The fourth-order valence-electron chi connectivity index (χ4n) is 3.96. The minimum atomic E-state index is -1.21. The second-order valence-electron chi connectivity index (χ2n) is 9.09. The summed E-state index contributed by atoms with van der Waals surface area (Å²) in [4.78, 5) is 54.3. The van der Waals surface area contributed by atoms with E-state index in [0.29, 0.717) is 35.2 Å². The van der Waals surface area contributed by atoms with Crippen LogP contribution in [0.1, 0.15) is 46.0 Å². The van der Waals surface area contributed by atoms with Gasteiger partial charge in [0.2, 0.25) is 10.9 Å². The number of carboxylic acid groups (broad SMARTS) is 2. The molecule has 218 valence electrons. The number of hydrogen-bond acceptors (Lipinski definition) is 8. The summed E-state index contributed by atoms with van der Waals surface area (Å²) in [6.45, 7) is 8.53. The molecule has 0 aliphatic carbocycles. The lowest BCUT2D eigenvalue weighted by atomic mass is 10.2. The zero-order valence-electron chi connectivity index (χ0n) is 23.4. The van der Waals surface area contributed by atoms with E-state index in [0.717, 1.165) is 11.4 Å². The summed E-state index contributed by atoms with van der Waals surface area (Å²) < 4.78 is 3.35. The number of benzene rings is 1. The highest BCUT2D eigenvalue weighted by molar-refractivity contribution is 5.92. The lowest BCUT2D eigenvalue weighted by Gasteiger charge is -2.09.